The molecule has 0 heterocycles. The summed E-state index contributed by atoms with van der Waals surface area (Å²) in [6.07, 6.45) is 0. The van der Waals surface area contributed by atoms with Gasteiger partial charge in [-0.3, -0.25) is 0 Å². The van der Waals surface area contributed by atoms with E-state index in [0.717, 1.165) is 5.75 Å². The number of ether oxygens (including phenoxy) is 1. The van der Waals surface area contributed by atoms with Gasteiger partial charge in [-0.25, -0.2) is 0 Å². The molecule has 0 fully saturated rings. The molecule has 2 aromatic rings. The van der Waals surface area contributed by atoms with Gasteiger partial charge in [0.25, 0.3) is 0 Å². The van der Waals surface area contributed by atoms with Gasteiger partial charge >= 0.3 is 0 Å². The summed E-state index contributed by atoms with van der Waals surface area (Å²) in [7, 11) is 0. The Morgan fingerprint density at radius 1 is 1.00 bits per heavy atom. The van der Waals surface area contributed by atoms with Crippen LogP contribution in [-0.4, -0.2) is 6.71 Å². The first-order chi connectivity index (χ1) is 10.3. The van der Waals surface area contributed by atoms with Gasteiger partial charge < -0.3 is 4.74 Å². The van der Waals surface area contributed by atoms with Gasteiger partial charge in [0.2, 0.25) is 0 Å². The van der Waals surface area contributed by atoms with Gasteiger partial charge in [-0.15, -0.1) is 0 Å². The second-order valence-corrected chi connectivity index (χ2v) is 7.42. The van der Waals surface area contributed by atoms with Crippen molar-refractivity contribution >= 4 is 12.2 Å². The largest absolute Gasteiger partial charge is 0.489 e. The first-order valence-electron chi connectivity index (χ1n) is 8.10. The van der Waals surface area contributed by atoms with E-state index in [1.165, 1.54) is 22.2 Å². The molecule has 0 radical (unpaired) electrons. The molecule has 0 aliphatic heterocycles. The zero-order valence-corrected chi connectivity index (χ0v) is 14.7. The van der Waals surface area contributed by atoms with Crippen LogP contribution in [0.15, 0.2) is 42.5 Å². The Kier molecular flexibility index (Phi) is 5.00. The topological polar surface area (TPSA) is 9.23 Å². The molecule has 0 N–H and O–H groups in total. The minimum absolute atomic E-state index is 0.175. The van der Waals surface area contributed by atoms with Crippen LogP contribution in [0, 0.1) is 6.92 Å². The molecule has 2 heteroatoms. The van der Waals surface area contributed by atoms with Gasteiger partial charge in [0.05, 0.1) is 0 Å². The van der Waals surface area contributed by atoms with E-state index in [2.05, 4.69) is 83.8 Å². The molecule has 0 spiro atoms. The fourth-order valence-corrected chi connectivity index (χ4v) is 2.48. The lowest BCUT2D eigenvalue weighted by Gasteiger charge is -2.20. The standard InChI is InChI=1S/C20H27BO/c1-15-12-17(20(2,3)4)10-11-19(15)22-14-16-8-7-9-18(13-16)21(5)6/h7-13H,14H2,1-6H3. The fraction of sp³-hybridized carbons (Fsp3) is 0.400. The van der Waals surface area contributed by atoms with Crippen LogP contribution in [0.25, 0.3) is 0 Å². The average Bonchev–Trinajstić information content (AvgIpc) is 2.45. The Labute approximate surface area is 135 Å². The molecule has 0 saturated heterocycles. The number of aryl methyl sites for hydroxylation is 1. The van der Waals surface area contributed by atoms with Crippen molar-refractivity contribution in [2.75, 3.05) is 0 Å². The second-order valence-electron chi connectivity index (χ2n) is 7.42. The predicted octanol–water partition coefficient (Wildman–Crippen LogP) is 4.83. The van der Waals surface area contributed by atoms with Gasteiger partial charge in [-0.1, -0.05) is 76.3 Å². The summed E-state index contributed by atoms with van der Waals surface area (Å²) >= 11 is 0. The fourth-order valence-electron chi connectivity index (χ4n) is 2.48. The summed E-state index contributed by atoms with van der Waals surface area (Å²) in [6, 6.07) is 15.2. The number of hydrogen-bond donors (Lipinski definition) is 0. The second kappa shape index (κ2) is 6.60. The van der Waals surface area contributed by atoms with Crippen molar-refractivity contribution in [1.82, 2.24) is 0 Å². The summed E-state index contributed by atoms with van der Waals surface area (Å²) in [5, 5.41) is 0. The molecule has 2 aromatic carbocycles. The summed E-state index contributed by atoms with van der Waals surface area (Å²) in [5.74, 6) is 0.975. The van der Waals surface area contributed by atoms with Crippen molar-refractivity contribution in [1.29, 1.82) is 0 Å². The van der Waals surface area contributed by atoms with Crippen molar-refractivity contribution in [2.24, 2.45) is 0 Å². The van der Waals surface area contributed by atoms with Gasteiger partial charge in [-0.05, 0) is 35.1 Å². The molecule has 0 saturated carbocycles. The third-order valence-electron chi connectivity index (χ3n) is 4.05. The van der Waals surface area contributed by atoms with E-state index < -0.39 is 0 Å². The van der Waals surface area contributed by atoms with Crippen molar-refractivity contribution < 1.29 is 4.74 Å². The highest BCUT2D eigenvalue weighted by Crippen LogP contribution is 2.27. The quantitative estimate of drug-likeness (QED) is 0.734. The Hall–Kier alpha value is -1.70. The van der Waals surface area contributed by atoms with E-state index >= 15 is 0 Å². The first kappa shape index (κ1) is 16.7. The number of benzene rings is 2. The maximum Gasteiger partial charge on any atom is 0.169 e. The third kappa shape index (κ3) is 4.16. The smallest absolute Gasteiger partial charge is 0.169 e. The van der Waals surface area contributed by atoms with Crippen molar-refractivity contribution in [3.8, 4) is 5.75 Å². The van der Waals surface area contributed by atoms with Crippen LogP contribution in [0.3, 0.4) is 0 Å². The van der Waals surface area contributed by atoms with E-state index in [4.69, 9.17) is 4.74 Å². The molecule has 0 aliphatic rings. The van der Waals surface area contributed by atoms with E-state index in [0.29, 0.717) is 13.3 Å². The molecule has 0 aliphatic carbocycles. The number of hydrogen-bond acceptors (Lipinski definition) is 1. The highest BCUT2D eigenvalue weighted by molar-refractivity contribution is 6.70. The Morgan fingerprint density at radius 3 is 2.32 bits per heavy atom. The van der Waals surface area contributed by atoms with Crippen LogP contribution in [-0.2, 0) is 12.0 Å². The zero-order chi connectivity index (χ0) is 16.3. The normalized spacial score (nSPS) is 11.4. The van der Waals surface area contributed by atoms with E-state index in [1.807, 2.05) is 0 Å². The lowest BCUT2D eigenvalue weighted by atomic mass is 9.49. The minimum Gasteiger partial charge on any atom is -0.489 e. The predicted molar refractivity (Wildman–Crippen MR) is 97.8 cm³/mol. The van der Waals surface area contributed by atoms with E-state index in [-0.39, 0.29) is 5.41 Å². The van der Waals surface area contributed by atoms with Crippen molar-refractivity contribution in [3.63, 3.8) is 0 Å². The monoisotopic (exact) mass is 294 g/mol. The third-order valence-corrected chi connectivity index (χ3v) is 4.05. The Balaban J connectivity index is 2.10. The van der Waals surface area contributed by atoms with Crippen molar-refractivity contribution in [3.05, 3.63) is 59.2 Å². The van der Waals surface area contributed by atoms with Gasteiger partial charge in [0.15, 0.2) is 6.71 Å². The van der Waals surface area contributed by atoms with Gasteiger partial charge in [-0.2, -0.15) is 0 Å². The van der Waals surface area contributed by atoms with Crippen LogP contribution in [0.4, 0.5) is 0 Å². The Bertz CT molecular complexity index is 638. The van der Waals surface area contributed by atoms with Crippen LogP contribution >= 0.6 is 0 Å². The summed E-state index contributed by atoms with van der Waals surface area (Å²) in [6.45, 7) is 14.4. The highest BCUT2D eigenvalue weighted by atomic mass is 16.5. The molecule has 0 aromatic heterocycles. The maximum absolute atomic E-state index is 6.03. The summed E-state index contributed by atoms with van der Waals surface area (Å²) in [5.41, 5.74) is 5.31. The molecule has 22 heavy (non-hydrogen) atoms. The molecule has 1 nitrogen and oxygen atoms in total. The minimum atomic E-state index is 0.175. The van der Waals surface area contributed by atoms with Crippen LogP contribution in [0.5, 0.6) is 5.75 Å². The lowest BCUT2D eigenvalue weighted by molar-refractivity contribution is 0.304. The lowest BCUT2D eigenvalue weighted by Crippen LogP contribution is -2.22. The molecular formula is C20H27BO. The van der Waals surface area contributed by atoms with Crippen molar-refractivity contribution in [2.45, 2.75) is 53.4 Å². The highest BCUT2D eigenvalue weighted by Gasteiger charge is 2.14. The van der Waals surface area contributed by atoms with Crippen LogP contribution in [0.2, 0.25) is 13.6 Å². The SMILES string of the molecule is CB(C)c1cccc(COc2ccc(C(C)(C)C)cc2C)c1. The van der Waals surface area contributed by atoms with Gasteiger partial charge in [0, 0.05) is 0 Å². The summed E-state index contributed by atoms with van der Waals surface area (Å²) in [4.78, 5) is 0. The number of rotatable bonds is 4. The van der Waals surface area contributed by atoms with E-state index in [1.54, 1.807) is 0 Å². The first-order valence-corrected chi connectivity index (χ1v) is 8.10. The molecule has 0 unspecified atom stereocenters. The maximum atomic E-state index is 6.03. The summed E-state index contributed by atoms with van der Waals surface area (Å²) < 4.78 is 6.03. The molecular weight excluding hydrogens is 267 g/mol. The van der Waals surface area contributed by atoms with Gasteiger partial charge in [0.1, 0.15) is 12.4 Å². The molecule has 0 atom stereocenters. The van der Waals surface area contributed by atoms with Crippen LogP contribution < -0.4 is 10.2 Å². The van der Waals surface area contributed by atoms with Crippen LogP contribution in [0.1, 0.15) is 37.5 Å². The van der Waals surface area contributed by atoms with E-state index in [9.17, 15) is 0 Å². The molecule has 0 amide bonds. The molecule has 116 valence electrons. The average molecular weight is 294 g/mol. The molecule has 0 bridgehead atoms. The zero-order valence-electron chi connectivity index (χ0n) is 14.7. The molecule has 2 rings (SSSR count). The Morgan fingerprint density at radius 2 is 1.73 bits per heavy atom.